The molecule has 1 heterocycles. The van der Waals surface area contributed by atoms with Crippen LogP contribution in [0.2, 0.25) is 0 Å². The Kier molecular flexibility index (Phi) is 13.0. The number of hydrazone groups is 1. The maximum absolute atomic E-state index is 14.2. The lowest BCUT2D eigenvalue weighted by Gasteiger charge is -2.26. The predicted molar refractivity (Wildman–Crippen MR) is 186 cm³/mol. The number of hydrogen-bond donors (Lipinski definition) is 6. The van der Waals surface area contributed by atoms with Gasteiger partial charge in [-0.15, -0.1) is 0 Å². The maximum Gasteiger partial charge on any atom is 0.332 e. The van der Waals surface area contributed by atoms with E-state index in [1.807, 2.05) is 86.6 Å². The van der Waals surface area contributed by atoms with E-state index in [0.29, 0.717) is 25.1 Å². The van der Waals surface area contributed by atoms with E-state index in [1.165, 1.54) is 6.33 Å². The van der Waals surface area contributed by atoms with Gasteiger partial charge in [0.25, 0.3) is 0 Å². The molecule has 0 aliphatic carbocycles. The second-order valence-corrected chi connectivity index (χ2v) is 12.2. The minimum atomic E-state index is -1.05. The molecule has 4 aromatic rings. The predicted octanol–water partition coefficient (Wildman–Crippen LogP) is 3.16. The van der Waals surface area contributed by atoms with Crippen molar-refractivity contribution in [3.8, 4) is 0 Å². The number of amides is 4. The van der Waals surface area contributed by atoms with Crippen molar-refractivity contribution in [1.82, 2.24) is 26.0 Å². The van der Waals surface area contributed by atoms with Crippen LogP contribution in [0.3, 0.4) is 0 Å². The van der Waals surface area contributed by atoms with Crippen LogP contribution in [-0.2, 0) is 33.6 Å². The first kappa shape index (κ1) is 35.5. The molecule has 0 spiro atoms. The van der Waals surface area contributed by atoms with Gasteiger partial charge >= 0.3 is 6.03 Å². The number of nitrogens with zero attached hydrogens (tertiary/aromatic N) is 2. The molecule has 0 aliphatic heterocycles. The Morgan fingerprint density at radius 2 is 1.67 bits per heavy atom. The summed E-state index contributed by atoms with van der Waals surface area (Å²) in [4.78, 5) is 59.7. The number of carbonyl (C=O) groups is 4. The summed E-state index contributed by atoms with van der Waals surface area (Å²) in [5, 5.41) is 12.0. The molecular weight excluding hydrogens is 608 g/mol. The van der Waals surface area contributed by atoms with Crippen LogP contribution < -0.4 is 27.5 Å². The molecule has 0 bridgehead atoms. The van der Waals surface area contributed by atoms with Crippen LogP contribution in [0, 0.1) is 11.8 Å². The fourth-order valence-electron chi connectivity index (χ4n) is 5.62. The first-order valence-electron chi connectivity index (χ1n) is 16.1. The number of fused-ring (bicyclic) bond motifs is 1. The number of primary amides is 1. The number of rotatable bonds is 17. The third-order valence-electron chi connectivity index (χ3n) is 7.95. The summed E-state index contributed by atoms with van der Waals surface area (Å²) in [6.45, 7) is 4.28. The molecule has 252 valence electrons. The van der Waals surface area contributed by atoms with Crippen molar-refractivity contribution in [1.29, 1.82) is 0 Å². The average Bonchev–Trinajstić information content (AvgIpc) is 3.57. The van der Waals surface area contributed by atoms with Gasteiger partial charge in [0, 0.05) is 31.3 Å². The van der Waals surface area contributed by atoms with Gasteiger partial charge in [-0.1, -0.05) is 86.6 Å². The third kappa shape index (κ3) is 10.6. The highest BCUT2D eigenvalue weighted by molar-refractivity contribution is 6.43. The molecule has 8 N–H and O–H groups in total. The molecular formula is C36H44N8O4. The molecule has 0 aliphatic rings. The number of benzene rings is 3. The molecule has 48 heavy (non-hydrogen) atoms. The number of imidazole rings is 1. The number of Topliss-reactive ketones (excluding diaryl/α,β-unsaturated/α-hetero) is 1. The monoisotopic (exact) mass is 652 g/mol. The Labute approximate surface area is 280 Å². The van der Waals surface area contributed by atoms with Gasteiger partial charge in [0.1, 0.15) is 5.71 Å². The number of urea groups is 1. The van der Waals surface area contributed by atoms with Crippen LogP contribution in [-0.4, -0.2) is 57.9 Å². The third-order valence-corrected chi connectivity index (χ3v) is 7.95. The van der Waals surface area contributed by atoms with Gasteiger partial charge in [-0.05, 0) is 47.1 Å². The van der Waals surface area contributed by atoms with Crippen molar-refractivity contribution in [2.45, 2.75) is 58.0 Å². The van der Waals surface area contributed by atoms with E-state index in [1.54, 1.807) is 6.20 Å². The van der Waals surface area contributed by atoms with E-state index in [-0.39, 0.29) is 36.8 Å². The molecule has 1 unspecified atom stereocenters. The van der Waals surface area contributed by atoms with Crippen molar-refractivity contribution in [3.63, 3.8) is 0 Å². The smallest absolute Gasteiger partial charge is 0.332 e. The first-order chi connectivity index (χ1) is 23.1. The molecule has 3 aromatic carbocycles. The zero-order valence-electron chi connectivity index (χ0n) is 27.3. The highest BCUT2D eigenvalue weighted by atomic mass is 16.2. The topological polar surface area (TPSA) is 197 Å². The van der Waals surface area contributed by atoms with Gasteiger partial charge in [-0.25, -0.2) is 15.2 Å². The summed E-state index contributed by atoms with van der Waals surface area (Å²) in [5.41, 5.74) is 16.2. The average molecular weight is 653 g/mol. The molecule has 0 radical (unpaired) electrons. The Morgan fingerprint density at radius 1 is 0.938 bits per heavy atom. The van der Waals surface area contributed by atoms with E-state index in [0.717, 1.165) is 21.9 Å². The Morgan fingerprint density at radius 3 is 2.38 bits per heavy atom. The van der Waals surface area contributed by atoms with Crippen LogP contribution >= 0.6 is 0 Å². The summed E-state index contributed by atoms with van der Waals surface area (Å²) in [7, 11) is 0. The largest absolute Gasteiger partial charge is 0.356 e. The molecule has 12 heteroatoms. The van der Waals surface area contributed by atoms with E-state index >= 15 is 0 Å². The van der Waals surface area contributed by atoms with Crippen molar-refractivity contribution in [2.75, 3.05) is 6.54 Å². The summed E-state index contributed by atoms with van der Waals surface area (Å²) in [6, 6.07) is 20.6. The summed E-state index contributed by atoms with van der Waals surface area (Å²) in [6.07, 6.45) is 4.30. The number of aromatic amines is 1. The molecule has 0 saturated carbocycles. The second kappa shape index (κ2) is 17.5. The molecule has 12 nitrogen and oxygen atoms in total. The summed E-state index contributed by atoms with van der Waals surface area (Å²) < 4.78 is 0. The quantitative estimate of drug-likeness (QED) is 0.0748. The van der Waals surface area contributed by atoms with Gasteiger partial charge in [-0.3, -0.25) is 14.4 Å². The fraction of sp³-hybridized carbons (Fsp3) is 0.333. The van der Waals surface area contributed by atoms with Crippen molar-refractivity contribution in [2.24, 2.45) is 28.4 Å². The van der Waals surface area contributed by atoms with Crippen LogP contribution in [0.4, 0.5) is 4.79 Å². The Bertz CT molecular complexity index is 1700. The minimum absolute atomic E-state index is 0.00325. The van der Waals surface area contributed by atoms with Crippen molar-refractivity contribution in [3.05, 3.63) is 102 Å². The Hall–Kier alpha value is -5.36. The minimum Gasteiger partial charge on any atom is -0.356 e. The van der Waals surface area contributed by atoms with Gasteiger partial charge in [0.05, 0.1) is 24.3 Å². The van der Waals surface area contributed by atoms with E-state index in [9.17, 15) is 19.2 Å². The standard InChI is InChI=1S/C36H44N8O4/c1-23(2)17-31(33(43-44-36(38)48)34(46)30(37)20-28-21-39-22-41-28)42-35(47)27(18-26-13-8-12-25-11-6-7-14-29(25)26)19-32(45)40-16-15-24-9-4-3-5-10-24/h3-14,21-23,27,30-31H,15-20,37H2,1-2H3,(H,39,41)(H,40,45)(H,42,47)(H3,38,44,48)/t27?,30-,31-/m0/s1. The highest BCUT2D eigenvalue weighted by Gasteiger charge is 2.32. The molecule has 3 atom stereocenters. The van der Waals surface area contributed by atoms with Crippen molar-refractivity contribution < 1.29 is 19.2 Å². The molecule has 1 aromatic heterocycles. The first-order valence-corrected chi connectivity index (χ1v) is 16.1. The summed E-state index contributed by atoms with van der Waals surface area (Å²) in [5.74, 6) is -2.07. The molecule has 4 amide bonds. The number of carbonyl (C=O) groups excluding carboxylic acids is 4. The zero-order valence-corrected chi connectivity index (χ0v) is 27.3. The lowest BCUT2D eigenvalue weighted by molar-refractivity contribution is -0.130. The van der Waals surface area contributed by atoms with E-state index in [4.69, 9.17) is 11.5 Å². The van der Waals surface area contributed by atoms with Crippen LogP contribution in [0.25, 0.3) is 10.8 Å². The number of nitrogens with two attached hydrogens (primary N) is 2. The lowest BCUT2D eigenvalue weighted by Crippen LogP contribution is -2.52. The number of aromatic nitrogens is 2. The van der Waals surface area contributed by atoms with Crippen LogP contribution in [0.1, 0.15) is 43.5 Å². The van der Waals surface area contributed by atoms with Gasteiger partial charge in [0.2, 0.25) is 11.8 Å². The lowest BCUT2D eigenvalue weighted by atomic mass is 9.89. The van der Waals surface area contributed by atoms with E-state index in [2.05, 4.69) is 31.1 Å². The molecule has 0 fully saturated rings. The SMILES string of the molecule is CC(C)C[C@H](NC(=O)C(CC(=O)NCCc1ccccc1)Cc1cccc2ccccc12)C(=NNC(N)=O)C(=O)[C@@H](N)Cc1cnc[nH]1. The van der Waals surface area contributed by atoms with Crippen molar-refractivity contribution >= 4 is 40.1 Å². The maximum atomic E-state index is 14.2. The molecule has 4 rings (SSSR count). The molecule has 0 saturated heterocycles. The number of H-pyrrole nitrogens is 1. The number of nitrogens with one attached hydrogen (secondary N) is 4. The number of ketones is 1. The van der Waals surface area contributed by atoms with E-state index < -0.39 is 35.7 Å². The van der Waals surface area contributed by atoms with Crippen LogP contribution in [0.15, 0.2) is 90.4 Å². The second-order valence-electron chi connectivity index (χ2n) is 12.2. The van der Waals surface area contributed by atoms with Crippen LogP contribution in [0.5, 0.6) is 0 Å². The van der Waals surface area contributed by atoms with Gasteiger partial charge < -0.3 is 27.1 Å². The highest BCUT2D eigenvalue weighted by Crippen LogP contribution is 2.23. The fourth-order valence-corrected chi connectivity index (χ4v) is 5.62. The normalized spacial score (nSPS) is 13.5. The Balaban J connectivity index is 1.59. The number of hydrogen-bond acceptors (Lipinski definition) is 7. The van der Waals surface area contributed by atoms with Gasteiger partial charge in [0.15, 0.2) is 5.78 Å². The van der Waals surface area contributed by atoms with Gasteiger partial charge in [-0.2, -0.15) is 5.10 Å². The summed E-state index contributed by atoms with van der Waals surface area (Å²) >= 11 is 0. The zero-order chi connectivity index (χ0) is 34.5.